The molecule has 1 fully saturated rings. The van der Waals surface area contributed by atoms with E-state index in [9.17, 15) is 14.7 Å². The molecule has 2 aromatic carbocycles. The second-order valence-electron chi connectivity index (χ2n) is 10.8. The molecule has 0 radical (unpaired) electrons. The highest BCUT2D eigenvalue weighted by Crippen LogP contribution is 2.40. The number of hydrogen-bond acceptors (Lipinski definition) is 5. The Bertz CT molecular complexity index is 1120. The Balaban J connectivity index is 2.17. The fraction of sp³-hybridized carbons (Fsp3) is 0.448. The summed E-state index contributed by atoms with van der Waals surface area (Å²) >= 11 is 0. The first kappa shape index (κ1) is 26.5. The molecule has 0 bridgehead atoms. The molecule has 6 heteroatoms. The first-order chi connectivity index (χ1) is 16.3. The van der Waals surface area contributed by atoms with E-state index < -0.39 is 17.7 Å². The Hall–Kier alpha value is -3.12. The van der Waals surface area contributed by atoms with E-state index in [1.165, 1.54) is 0 Å². The van der Waals surface area contributed by atoms with Gasteiger partial charge in [-0.25, -0.2) is 0 Å². The van der Waals surface area contributed by atoms with E-state index in [4.69, 9.17) is 4.74 Å². The molecule has 188 valence electrons. The van der Waals surface area contributed by atoms with Crippen LogP contribution < -0.4 is 4.74 Å². The van der Waals surface area contributed by atoms with Crippen LogP contribution in [0.2, 0.25) is 0 Å². The zero-order chi connectivity index (χ0) is 26.1. The van der Waals surface area contributed by atoms with Gasteiger partial charge < -0.3 is 19.6 Å². The Morgan fingerprint density at radius 2 is 1.71 bits per heavy atom. The van der Waals surface area contributed by atoms with Crippen LogP contribution in [-0.2, 0) is 15.0 Å². The molecule has 0 spiro atoms. The zero-order valence-corrected chi connectivity index (χ0v) is 22.2. The number of amides is 1. The maximum Gasteiger partial charge on any atom is 0.295 e. The van der Waals surface area contributed by atoms with Gasteiger partial charge in [-0.05, 0) is 75.2 Å². The lowest BCUT2D eigenvalue weighted by atomic mass is 9.84. The third kappa shape index (κ3) is 5.76. The highest BCUT2D eigenvalue weighted by atomic mass is 16.5. The Morgan fingerprint density at radius 1 is 1.09 bits per heavy atom. The second-order valence-corrected chi connectivity index (χ2v) is 10.8. The van der Waals surface area contributed by atoms with Gasteiger partial charge in [0.25, 0.3) is 11.7 Å². The molecule has 1 aliphatic rings. The van der Waals surface area contributed by atoms with E-state index >= 15 is 0 Å². The molecule has 1 atom stereocenters. The number of nitrogens with zero attached hydrogens (tertiary/aromatic N) is 2. The smallest absolute Gasteiger partial charge is 0.295 e. The van der Waals surface area contributed by atoms with Crippen LogP contribution in [0.1, 0.15) is 62.9 Å². The molecule has 0 aliphatic carbocycles. The summed E-state index contributed by atoms with van der Waals surface area (Å²) in [6, 6.07) is 12.6. The average Bonchev–Trinajstić information content (AvgIpc) is 3.01. The lowest BCUT2D eigenvalue weighted by Crippen LogP contribution is -2.35. The van der Waals surface area contributed by atoms with Crippen LogP contribution in [0.15, 0.2) is 48.0 Å². The van der Waals surface area contributed by atoms with Gasteiger partial charge in [-0.15, -0.1) is 0 Å². The van der Waals surface area contributed by atoms with Crippen molar-refractivity contribution in [3.63, 3.8) is 0 Å². The molecule has 3 rings (SSSR count). The van der Waals surface area contributed by atoms with E-state index in [2.05, 4.69) is 20.8 Å². The number of rotatable bonds is 7. The molecular formula is C29H38N2O4. The number of ketones is 1. The molecule has 1 aliphatic heterocycles. The number of benzene rings is 2. The SMILES string of the molecule is Cc1ccc(C(C)(C)C)cc1/C(O)=C1\C(=O)C(=O)N(CCN(C)C)C1c1ccc(OC(C)C)cc1. The van der Waals surface area contributed by atoms with Crippen molar-refractivity contribution >= 4 is 17.4 Å². The minimum atomic E-state index is -0.680. The highest BCUT2D eigenvalue weighted by molar-refractivity contribution is 6.46. The van der Waals surface area contributed by atoms with Crippen LogP contribution in [0.25, 0.3) is 5.76 Å². The molecule has 1 unspecified atom stereocenters. The normalized spacial score (nSPS) is 18.1. The minimum Gasteiger partial charge on any atom is -0.507 e. The van der Waals surface area contributed by atoms with Crippen molar-refractivity contribution in [2.75, 3.05) is 27.2 Å². The van der Waals surface area contributed by atoms with Gasteiger partial charge >= 0.3 is 0 Å². The number of likely N-dealkylation sites (N-methyl/N-ethyl adjacent to an activating group) is 1. The predicted octanol–water partition coefficient (Wildman–Crippen LogP) is 5.06. The van der Waals surface area contributed by atoms with Crippen LogP contribution in [0.3, 0.4) is 0 Å². The van der Waals surface area contributed by atoms with Crippen molar-refractivity contribution in [3.8, 4) is 5.75 Å². The summed E-state index contributed by atoms with van der Waals surface area (Å²) in [4.78, 5) is 30.0. The van der Waals surface area contributed by atoms with Crippen LogP contribution in [-0.4, -0.2) is 59.9 Å². The first-order valence-corrected chi connectivity index (χ1v) is 12.1. The minimum absolute atomic E-state index is 0.0321. The van der Waals surface area contributed by atoms with Crippen LogP contribution in [0.5, 0.6) is 5.75 Å². The van der Waals surface area contributed by atoms with Gasteiger partial charge in [-0.1, -0.05) is 45.0 Å². The lowest BCUT2D eigenvalue weighted by molar-refractivity contribution is -0.140. The van der Waals surface area contributed by atoms with Gasteiger partial charge in [-0.3, -0.25) is 9.59 Å². The third-order valence-corrected chi connectivity index (χ3v) is 6.25. The summed E-state index contributed by atoms with van der Waals surface area (Å²) in [5, 5.41) is 11.5. The quantitative estimate of drug-likeness (QED) is 0.342. The molecule has 1 amide bonds. The predicted molar refractivity (Wildman–Crippen MR) is 140 cm³/mol. The van der Waals surface area contributed by atoms with E-state index in [1.54, 1.807) is 4.90 Å². The van der Waals surface area contributed by atoms with Crippen molar-refractivity contribution in [1.82, 2.24) is 9.80 Å². The van der Waals surface area contributed by atoms with Crippen LogP contribution >= 0.6 is 0 Å². The van der Waals surface area contributed by atoms with E-state index in [0.717, 1.165) is 16.7 Å². The van der Waals surface area contributed by atoms with Gasteiger partial charge in [0.2, 0.25) is 0 Å². The fourth-order valence-electron chi connectivity index (χ4n) is 4.25. The summed E-state index contributed by atoms with van der Waals surface area (Å²) in [6.07, 6.45) is 0.0321. The summed E-state index contributed by atoms with van der Waals surface area (Å²) in [5.74, 6) is -0.672. The number of hydrogen-bond donors (Lipinski definition) is 1. The number of aliphatic hydroxyl groups excluding tert-OH is 1. The van der Waals surface area contributed by atoms with Gasteiger partial charge in [0.1, 0.15) is 11.5 Å². The zero-order valence-electron chi connectivity index (χ0n) is 22.2. The Labute approximate surface area is 209 Å². The number of Topliss-reactive ketones (excluding diaryl/α,β-unsaturated/α-hetero) is 1. The molecular weight excluding hydrogens is 440 g/mol. The Kier molecular flexibility index (Phi) is 7.75. The van der Waals surface area contributed by atoms with E-state index in [1.807, 2.05) is 82.2 Å². The summed E-state index contributed by atoms with van der Waals surface area (Å²) < 4.78 is 5.77. The van der Waals surface area contributed by atoms with Crippen molar-refractivity contribution in [2.45, 2.75) is 59.1 Å². The van der Waals surface area contributed by atoms with E-state index in [-0.39, 0.29) is 22.9 Å². The Morgan fingerprint density at radius 3 is 2.26 bits per heavy atom. The molecule has 6 nitrogen and oxygen atoms in total. The number of aliphatic hydroxyl groups is 1. The topological polar surface area (TPSA) is 70.1 Å². The molecule has 35 heavy (non-hydrogen) atoms. The number of carbonyl (C=O) groups excluding carboxylic acids is 2. The number of carbonyl (C=O) groups is 2. The first-order valence-electron chi connectivity index (χ1n) is 12.1. The molecule has 2 aromatic rings. The van der Waals surface area contributed by atoms with E-state index in [0.29, 0.717) is 24.4 Å². The summed E-state index contributed by atoms with van der Waals surface area (Å²) in [7, 11) is 3.84. The van der Waals surface area contributed by atoms with Gasteiger partial charge in [-0.2, -0.15) is 0 Å². The van der Waals surface area contributed by atoms with Gasteiger partial charge in [0.05, 0.1) is 17.7 Å². The molecule has 0 aromatic heterocycles. The van der Waals surface area contributed by atoms with Crippen molar-refractivity contribution in [2.24, 2.45) is 0 Å². The van der Waals surface area contributed by atoms with Crippen molar-refractivity contribution in [3.05, 3.63) is 70.3 Å². The maximum absolute atomic E-state index is 13.3. The highest BCUT2D eigenvalue weighted by Gasteiger charge is 2.46. The lowest BCUT2D eigenvalue weighted by Gasteiger charge is -2.27. The third-order valence-electron chi connectivity index (χ3n) is 6.25. The molecule has 1 heterocycles. The molecule has 1 saturated heterocycles. The van der Waals surface area contributed by atoms with Crippen molar-refractivity contribution in [1.29, 1.82) is 0 Å². The maximum atomic E-state index is 13.3. The second kappa shape index (κ2) is 10.2. The molecule has 0 saturated carbocycles. The monoisotopic (exact) mass is 478 g/mol. The fourth-order valence-corrected chi connectivity index (χ4v) is 4.25. The van der Waals surface area contributed by atoms with Gasteiger partial charge in [0.15, 0.2) is 0 Å². The van der Waals surface area contributed by atoms with Gasteiger partial charge in [0, 0.05) is 18.7 Å². The summed E-state index contributed by atoms with van der Waals surface area (Å²) in [6.45, 7) is 13.1. The number of ether oxygens (including phenoxy) is 1. The van der Waals surface area contributed by atoms with Crippen molar-refractivity contribution < 1.29 is 19.4 Å². The average molecular weight is 479 g/mol. The van der Waals surface area contributed by atoms with Crippen LogP contribution in [0, 0.1) is 6.92 Å². The number of aryl methyl sites for hydroxylation is 1. The number of likely N-dealkylation sites (tertiary alicyclic amines) is 1. The summed E-state index contributed by atoms with van der Waals surface area (Å²) in [5.41, 5.74) is 3.21. The standard InChI is InChI=1S/C29H38N2O4/c1-18(2)35-22-13-10-20(11-14-22)25-24(27(33)28(34)31(25)16-15-30(7)8)26(32)23-17-21(29(4,5)6)12-9-19(23)3/h9-14,17-18,25,32H,15-16H2,1-8H3/b26-24+. The van der Waals surface area contributed by atoms with Crippen LogP contribution in [0.4, 0.5) is 0 Å². The molecule has 1 N–H and O–H groups in total. The largest absolute Gasteiger partial charge is 0.507 e.